The second-order valence-corrected chi connectivity index (χ2v) is 12.0. The van der Waals surface area contributed by atoms with Crippen LogP contribution in [-0.4, -0.2) is 28.9 Å². The molecule has 41 heavy (non-hydrogen) atoms. The molecule has 1 amide bonds. The molecule has 1 unspecified atom stereocenters. The second-order valence-electron chi connectivity index (χ2n) is 9.77. The van der Waals surface area contributed by atoms with Crippen LogP contribution in [0.2, 0.25) is 0 Å². The van der Waals surface area contributed by atoms with Crippen LogP contribution in [-0.2, 0) is 26.9 Å². The molecule has 8 nitrogen and oxygen atoms in total. The highest BCUT2D eigenvalue weighted by atomic mass is 32.2. The van der Waals surface area contributed by atoms with Crippen LogP contribution in [0.1, 0.15) is 36.0 Å². The van der Waals surface area contributed by atoms with Gasteiger partial charge in [0.05, 0.1) is 11.1 Å². The Morgan fingerprint density at radius 1 is 1.15 bits per heavy atom. The van der Waals surface area contributed by atoms with Crippen LogP contribution in [0.4, 0.5) is 24.0 Å². The molecule has 208 valence electrons. The molecule has 2 aliphatic heterocycles. The standard InChI is InChI=1S/C28H21F3N6O2S2/c1-36-19-9-3-2-8-17(19)27(24(36)39)18(13-32)23(33)37(20-10-5-11-21(38)22(20)27)25-34-35-26(41-25)40-14-15-6-4-7-16(12-15)28(29,30)31/h2-4,6-9,12H,5,10-11,14,33H2,1H3. The van der Waals surface area contributed by atoms with Gasteiger partial charge in [-0.1, -0.05) is 59.5 Å². The number of nitrogens with two attached hydrogens (primary N) is 1. The number of nitriles is 1. The van der Waals surface area contributed by atoms with E-state index in [0.29, 0.717) is 44.8 Å². The Labute approximate surface area is 241 Å². The molecule has 13 heteroatoms. The molecular formula is C28H21F3N6O2S2. The maximum atomic E-state index is 14.0. The fraction of sp³-hybridized carbons (Fsp3) is 0.250. The number of para-hydroxylation sites is 1. The van der Waals surface area contributed by atoms with Crippen molar-refractivity contribution in [3.63, 3.8) is 0 Å². The van der Waals surface area contributed by atoms with Crippen molar-refractivity contribution in [2.24, 2.45) is 5.73 Å². The van der Waals surface area contributed by atoms with Crippen molar-refractivity contribution in [3.8, 4) is 6.07 Å². The summed E-state index contributed by atoms with van der Waals surface area (Å²) in [6.45, 7) is 0. The summed E-state index contributed by atoms with van der Waals surface area (Å²) in [6.07, 6.45) is -3.27. The summed E-state index contributed by atoms with van der Waals surface area (Å²) < 4.78 is 39.8. The number of halogens is 3. The number of aromatic nitrogens is 2. The lowest BCUT2D eigenvalue weighted by Gasteiger charge is -2.42. The Morgan fingerprint density at radius 3 is 2.68 bits per heavy atom. The summed E-state index contributed by atoms with van der Waals surface area (Å²) in [7, 11) is 1.61. The maximum absolute atomic E-state index is 14.0. The summed E-state index contributed by atoms with van der Waals surface area (Å²) >= 11 is 2.35. The number of Topliss-reactive ketones (excluding diaryl/α,β-unsaturated/α-hetero) is 1. The molecule has 0 saturated heterocycles. The van der Waals surface area contributed by atoms with E-state index < -0.39 is 23.1 Å². The summed E-state index contributed by atoms with van der Waals surface area (Å²) in [5.41, 5.74) is 6.55. The molecule has 3 aliphatic rings. The number of allylic oxidation sites excluding steroid dienone is 1. The zero-order chi connectivity index (χ0) is 29.1. The highest BCUT2D eigenvalue weighted by Gasteiger charge is 2.61. The summed E-state index contributed by atoms with van der Waals surface area (Å²) in [6, 6.07) is 14.3. The van der Waals surface area contributed by atoms with Crippen LogP contribution in [0.5, 0.6) is 0 Å². The van der Waals surface area contributed by atoms with Gasteiger partial charge in [0, 0.05) is 41.7 Å². The van der Waals surface area contributed by atoms with E-state index in [9.17, 15) is 28.0 Å². The molecule has 1 atom stereocenters. The van der Waals surface area contributed by atoms with Crippen LogP contribution in [0.25, 0.3) is 0 Å². The van der Waals surface area contributed by atoms with E-state index >= 15 is 0 Å². The molecule has 0 radical (unpaired) electrons. The molecule has 3 aromatic rings. The van der Waals surface area contributed by atoms with Gasteiger partial charge in [-0.3, -0.25) is 14.5 Å². The first-order chi connectivity index (χ1) is 19.6. The minimum absolute atomic E-state index is 0.00928. The van der Waals surface area contributed by atoms with E-state index in [1.165, 1.54) is 27.6 Å². The maximum Gasteiger partial charge on any atom is 0.416 e. The Bertz CT molecular complexity index is 1720. The fourth-order valence-electron chi connectivity index (χ4n) is 5.79. The van der Waals surface area contributed by atoms with E-state index in [4.69, 9.17) is 5.73 Å². The second kappa shape index (κ2) is 9.74. The SMILES string of the molecule is CN1C(=O)C2(C(C#N)=C(N)N(c3nnc(SCc4cccc(C(F)(F)F)c4)s3)C3=C2C(=O)CCC3)c2ccccc21. The smallest absolute Gasteiger partial charge is 0.384 e. The average Bonchev–Trinajstić information content (AvgIpc) is 3.50. The molecule has 1 aromatic heterocycles. The number of carbonyl (C=O) groups is 2. The molecule has 0 saturated carbocycles. The molecule has 1 aliphatic carbocycles. The average molecular weight is 595 g/mol. The topological polar surface area (TPSA) is 116 Å². The molecular weight excluding hydrogens is 573 g/mol. The van der Waals surface area contributed by atoms with Gasteiger partial charge in [0.2, 0.25) is 11.0 Å². The number of rotatable bonds is 4. The molecule has 1 spiro atoms. The summed E-state index contributed by atoms with van der Waals surface area (Å²) in [5, 5.41) is 19.2. The number of hydrogen-bond acceptors (Lipinski definition) is 9. The number of anilines is 2. The first kappa shape index (κ1) is 27.0. The van der Waals surface area contributed by atoms with Gasteiger partial charge in [0.15, 0.2) is 10.1 Å². The number of carbonyl (C=O) groups excluding carboxylic acids is 2. The minimum Gasteiger partial charge on any atom is -0.384 e. The zero-order valence-corrected chi connectivity index (χ0v) is 23.2. The third-order valence-electron chi connectivity index (χ3n) is 7.51. The quantitative estimate of drug-likeness (QED) is 0.406. The third kappa shape index (κ3) is 4.04. The normalized spacial score (nSPS) is 20.6. The van der Waals surface area contributed by atoms with E-state index in [1.807, 2.05) is 0 Å². The molecule has 2 aromatic carbocycles. The van der Waals surface area contributed by atoms with Crippen LogP contribution >= 0.6 is 23.1 Å². The van der Waals surface area contributed by atoms with Gasteiger partial charge in [-0.25, -0.2) is 0 Å². The van der Waals surface area contributed by atoms with E-state index in [-0.39, 0.29) is 34.9 Å². The third-order valence-corrected chi connectivity index (χ3v) is 9.63. The van der Waals surface area contributed by atoms with Crippen LogP contribution in [0, 0.1) is 11.3 Å². The van der Waals surface area contributed by atoms with Gasteiger partial charge in [-0.15, -0.1) is 10.2 Å². The number of nitrogens with zero attached hydrogens (tertiary/aromatic N) is 5. The number of ketones is 1. The van der Waals surface area contributed by atoms with Gasteiger partial charge >= 0.3 is 6.18 Å². The first-order valence-corrected chi connectivity index (χ1v) is 14.4. The minimum atomic E-state index is -4.44. The van der Waals surface area contributed by atoms with Crippen molar-refractivity contribution >= 4 is 45.6 Å². The van der Waals surface area contributed by atoms with Gasteiger partial charge in [0.1, 0.15) is 17.3 Å². The van der Waals surface area contributed by atoms with Crippen LogP contribution in [0.15, 0.2) is 75.5 Å². The number of alkyl halides is 3. The highest BCUT2D eigenvalue weighted by molar-refractivity contribution is 8.00. The van der Waals surface area contributed by atoms with Crippen molar-refractivity contribution in [2.75, 3.05) is 16.8 Å². The molecule has 0 fully saturated rings. The monoisotopic (exact) mass is 594 g/mol. The predicted molar refractivity (Wildman–Crippen MR) is 148 cm³/mol. The van der Waals surface area contributed by atoms with Crippen LogP contribution in [0.3, 0.4) is 0 Å². The number of thioether (sulfide) groups is 1. The van der Waals surface area contributed by atoms with E-state index in [2.05, 4.69) is 16.3 Å². The largest absolute Gasteiger partial charge is 0.416 e. The number of hydrogen-bond donors (Lipinski definition) is 1. The molecule has 6 rings (SSSR count). The van der Waals surface area contributed by atoms with Gasteiger partial charge in [0.25, 0.3) is 0 Å². The van der Waals surface area contributed by atoms with Gasteiger partial charge in [-0.05, 0) is 30.5 Å². The fourth-order valence-corrected chi connectivity index (χ4v) is 7.61. The van der Waals surface area contributed by atoms with E-state index in [1.54, 1.807) is 37.4 Å². The summed E-state index contributed by atoms with van der Waals surface area (Å²) in [4.78, 5) is 30.6. The number of fused-ring (bicyclic) bond motifs is 3. The van der Waals surface area contributed by atoms with E-state index in [0.717, 1.165) is 23.5 Å². The van der Waals surface area contributed by atoms with Crippen LogP contribution < -0.4 is 15.5 Å². The predicted octanol–water partition coefficient (Wildman–Crippen LogP) is 5.28. The zero-order valence-electron chi connectivity index (χ0n) is 21.5. The van der Waals surface area contributed by atoms with Gasteiger partial charge < -0.3 is 10.6 Å². The van der Waals surface area contributed by atoms with Gasteiger partial charge in [-0.2, -0.15) is 18.4 Å². The van der Waals surface area contributed by atoms with Crippen molar-refractivity contribution < 1.29 is 22.8 Å². The number of benzene rings is 2. The van der Waals surface area contributed by atoms with Crippen molar-refractivity contribution in [1.29, 1.82) is 5.26 Å². The first-order valence-electron chi connectivity index (χ1n) is 12.6. The molecule has 0 bridgehead atoms. The van der Waals surface area contributed by atoms with Crippen molar-refractivity contribution in [2.45, 2.75) is 40.9 Å². The Kier molecular flexibility index (Phi) is 6.43. The van der Waals surface area contributed by atoms with Crippen molar-refractivity contribution in [3.05, 3.63) is 87.9 Å². The Balaban J connectivity index is 1.41. The Morgan fingerprint density at radius 2 is 1.93 bits per heavy atom. The molecule has 3 heterocycles. The Hall–Kier alpha value is -4.15. The lowest BCUT2D eigenvalue weighted by molar-refractivity contribution is -0.137. The number of likely N-dealkylation sites (N-methyl/N-ethyl adjacent to an activating group) is 1. The van der Waals surface area contributed by atoms with Crippen molar-refractivity contribution in [1.82, 2.24) is 10.2 Å². The summed E-state index contributed by atoms with van der Waals surface area (Å²) in [5.74, 6) is -0.445. The lowest BCUT2D eigenvalue weighted by atomic mass is 9.64. The lowest BCUT2D eigenvalue weighted by Crippen LogP contribution is -2.52. The molecule has 2 N–H and O–H groups in total. The highest BCUT2D eigenvalue weighted by Crippen LogP contribution is 2.56. The number of amides is 1.